The Labute approximate surface area is 251 Å². The fourth-order valence-corrected chi connectivity index (χ4v) is 4.06. The van der Waals surface area contributed by atoms with Gasteiger partial charge in [-0.15, -0.1) is 0 Å². The monoisotopic (exact) mass is 609 g/mol. The molecule has 0 saturated heterocycles. The number of nitrogens with zero attached hydrogens (tertiary/aromatic N) is 1. The number of hydrogen-bond acceptors (Lipinski definition) is 6. The minimum Gasteiger partial charge on any atom is -0.487 e. The molecule has 0 unspecified atom stereocenters. The average Bonchev–Trinajstić information content (AvgIpc) is 3.38. The van der Waals surface area contributed by atoms with E-state index in [1.165, 1.54) is 36.0 Å². The van der Waals surface area contributed by atoms with Crippen LogP contribution in [0, 0.1) is 11.6 Å². The van der Waals surface area contributed by atoms with Gasteiger partial charge < -0.3 is 35.8 Å². The largest absolute Gasteiger partial charge is 0.487 e. The maximum absolute atomic E-state index is 14.0. The molecule has 2 aromatic carbocycles. The lowest BCUT2D eigenvalue weighted by Crippen LogP contribution is -2.25. The smallest absolute Gasteiger partial charge is 0.274 e. The van der Waals surface area contributed by atoms with E-state index in [0.717, 1.165) is 17.1 Å². The van der Waals surface area contributed by atoms with Gasteiger partial charge in [-0.05, 0) is 55.3 Å². The fourth-order valence-electron chi connectivity index (χ4n) is 4.06. The van der Waals surface area contributed by atoms with Crippen LogP contribution in [0.3, 0.4) is 0 Å². The summed E-state index contributed by atoms with van der Waals surface area (Å²) >= 11 is 0. The molecular weight excluding hydrogens is 576 g/mol. The van der Waals surface area contributed by atoms with Crippen LogP contribution in [0.5, 0.6) is 5.75 Å². The first-order valence-electron chi connectivity index (χ1n) is 13.5. The third kappa shape index (κ3) is 10.2. The molecule has 11 nitrogen and oxygen atoms in total. The number of hydrogen-bond donors (Lipinski definition) is 4. The Kier molecular flexibility index (Phi) is 12.4. The predicted molar refractivity (Wildman–Crippen MR) is 161 cm³/mol. The van der Waals surface area contributed by atoms with Crippen LogP contribution in [0.1, 0.15) is 30.5 Å². The van der Waals surface area contributed by atoms with Crippen molar-refractivity contribution in [1.82, 2.24) is 9.55 Å². The number of anilines is 1. The van der Waals surface area contributed by atoms with E-state index in [2.05, 4.69) is 20.8 Å². The predicted octanol–water partition coefficient (Wildman–Crippen LogP) is 3.50. The minimum atomic E-state index is -0.685. The fraction of sp³-hybridized carbons (Fsp3) is 0.226. The number of carbonyl (C=O) groups excluding carboxylic acids is 3. The normalized spacial score (nSPS) is 10.8. The van der Waals surface area contributed by atoms with E-state index in [-0.39, 0.29) is 48.9 Å². The summed E-state index contributed by atoms with van der Waals surface area (Å²) in [5, 5.41) is 3.47. The van der Waals surface area contributed by atoms with Crippen LogP contribution in [0.15, 0.2) is 77.7 Å². The number of rotatable bonds is 13. The number of aromatic amines is 1. The van der Waals surface area contributed by atoms with Crippen LogP contribution in [0.2, 0.25) is 0 Å². The first-order valence-corrected chi connectivity index (χ1v) is 13.5. The number of carbonyl (C=O) groups is 3. The van der Waals surface area contributed by atoms with Gasteiger partial charge in [0.2, 0.25) is 17.7 Å². The molecule has 232 valence electrons. The summed E-state index contributed by atoms with van der Waals surface area (Å²) < 4.78 is 38.7. The maximum atomic E-state index is 14.0. The molecule has 0 radical (unpaired) electrons. The summed E-state index contributed by atoms with van der Waals surface area (Å²) in [7, 11) is 1.42. The van der Waals surface area contributed by atoms with Crippen molar-refractivity contribution in [3.8, 4) is 5.75 Å². The molecule has 6 N–H and O–H groups in total. The van der Waals surface area contributed by atoms with Gasteiger partial charge in [-0.3, -0.25) is 19.2 Å². The Balaban J connectivity index is 0.000000801. The van der Waals surface area contributed by atoms with Gasteiger partial charge in [0.15, 0.2) is 0 Å². The summed E-state index contributed by atoms with van der Waals surface area (Å²) in [6, 6.07) is 13.8. The number of amides is 3. The molecule has 2 aromatic heterocycles. The number of pyridine rings is 1. The molecule has 0 fully saturated rings. The number of H-pyrrole nitrogens is 1. The lowest BCUT2D eigenvalue weighted by atomic mass is 10.2. The third-order valence-corrected chi connectivity index (χ3v) is 6.05. The van der Waals surface area contributed by atoms with E-state index >= 15 is 0 Å². The standard InChI is InChI=1S/C28H26F2N4O4.C3H7NO2/c29-20-12-11-19(22(30)15-20)17-38-24-8-4-6-18-14-21(32-27(18)24)16-34-13-5-7-23(28(34)37)33-26(36)10-3-1-2-9-25(31)35;1-6-2-3(4)5/h2,4-9,11-15,32H,1,3,10,16-17H2,(H2,31,35)(H,33,36);2H2,1H3,(H2,4,5)/b9-2+;. The third-order valence-electron chi connectivity index (χ3n) is 6.05. The van der Waals surface area contributed by atoms with Crippen LogP contribution in [-0.4, -0.2) is 41.0 Å². The maximum Gasteiger partial charge on any atom is 0.274 e. The number of aromatic nitrogens is 2. The van der Waals surface area contributed by atoms with E-state index in [1.54, 1.807) is 30.5 Å². The summed E-state index contributed by atoms with van der Waals surface area (Å²) in [4.78, 5) is 48.8. The zero-order chi connectivity index (χ0) is 32.1. The van der Waals surface area contributed by atoms with Gasteiger partial charge in [0.1, 0.15) is 36.3 Å². The topological polar surface area (TPSA) is 172 Å². The molecule has 4 rings (SSSR count). The van der Waals surface area contributed by atoms with E-state index in [9.17, 15) is 28.0 Å². The van der Waals surface area contributed by atoms with Crippen molar-refractivity contribution >= 4 is 34.3 Å². The first kappa shape index (κ1) is 33.2. The number of ether oxygens (including phenoxy) is 2. The number of halogens is 2. The Bertz CT molecular complexity index is 1700. The van der Waals surface area contributed by atoms with Gasteiger partial charge >= 0.3 is 0 Å². The summed E-state index contributed by atoms with van der Waals surface area (Å²) in [6.45, 7) is 0.142. The van der Waals surface area contributed by atoms with Crippen molar-refractivity contribution in [2.24, 2.45) is 11.5 Å². The molecule has 0 aliphatic carbocycles. The number of benzene rings is 2. The number of methoxy groups -OCH3 is 1. The zero-order valence-corrected chi connectivity index (χ0v) is 24.0. The van der Waals surface area contributed by atoms with E-state index in [4.69, 9.17) is 10.5 Å². The van der Waals surface area contributed by atoms with Crippen molar-refractivity contribution in [2.45, 2.75) is 32.4 Å². The minimum absolute atomic E-state index is 0.0139. The zero-order valence-electron chi connectivity index (χ0n) is 24.0. The number of nitrogens with one attached hydrogen (secondary N) is 2. The van der Waals surface area contributed by atoms with E-state index in [1.807, 2.05) is 12.1 Å². The molecule has 0 bridgehead atoms. The molecule has 2 heterocycles. The number of unbranched alkanes of at least 4 members (excludes halogenated alkanes) is 1. The van der Waals surface area contributed by atoms with E-state index < -0.39 is 23.4 Å². The number of fused-ring (bicyclic) bond motifs is 1. The lowest BCUT2D eigenvalue weighted by Gasteiger charge is -2.09. The van der Waals surface area contributed by atoms with Gasteiger partial charge in [0.25, 0.3) is 5.56 Å². The summed E-state index contributed by atoms with van der Waals surface area (Å²) in [5.74, 6) is -2.14. The van der Waals surface area contributed by atoms with Crippen molar-refractivity contribution in [2.75, 3.05) is 19.0 Å². The van der Waals surface area contributed by atoms with Crippen LogP contribution in [0.4, 0.5) is 14.5 Å². The number of allylic oxidation sites excluding steroid dienone is 1. The number of primary amides is 2. The molecule has 0 atom stereocenters. The molecule has 0 aliphatic heterocycles. The SMILES string of the molecule is COCC(N)=O.NC(=O)/C=C/CCCC(=O)Nc1cccn(Cc2cc3cccc(OCc4ccc(F)cc4F)c3[nH]2)c1=O. The molecule has 4 aromatic rings. The Morgan fingerprint density at radius 2 is 1.86 bits per heavy atom. The van der Waals surface area contributed by atoms with Crippen molar-refractivity contribution in [1.29, 1.82) is 0 Å². The lowest BCUT2D eigenvalue weighted by molar-refractivity contribution is -0.121. The van der Waals surface area contributed by atoms with Gasteiger partial charge in [-0.2, -0.15) is 0 Å². The van der Waals surface area contributed by atoms with E-state index in [0.29, 0.717) is 24.1 Å². The van der Waals surface area contributed by atoms with Crippen molar-refractivity contribution in [3.05, 3.63) is 106 Å². The molecular formula is C31H33F2N5O6. The highest BCUT2D eigenvalue weighted by Gasteiger charge is 2.12. The van der Waals surface area contributed by atoms with Gasteiger partial charge in [-0.25, -0.2) is 8.78 Å². The Hall–Kier alpha value is -5.30. The second-order valence-corrected chi connectivity index (χ2v) is 9.54. The Morgan fingerprint density at radius 3 is 2.55 bits per heavy atom. The van der Waals surface area contributed by atoms with Gasteiger partial charge in [0, 0.05) is 42.4 Å². The first-order chi connectivity index (χ1) is 21.1. The average molecular weight is 610 g/mol. The van der Waals surface area contributed by atoms with Crippen LogP contribution < -0.4 is 27.1 Å². The molecule has 44 heavy (non-hydrogen) atoms. The molecule has 3 amide bonds. The summed E-state index contributed by atoms with van der Waals surface area (Å²) in [5.41, 5.74) is 11.1. The second kappa shape index (κ2) is 16.4. The highest BCUT2D eigenvalue weighted by atomic mass is 19.1. The van der Waals surface area contributed by atoms with Gasteiger partial charge in [0.05, 0.1) is 12.1 Å². The number of nitrogens with two attached hydrogens (primary N) is 2. The van der Waals surface area contributed by atoms with Crippen LogP contribution >= 0.6 is 0 Å². The van der Waals surface area contributed by atoms with Crippen LogP contribution in [0.25, 0.3) is 10.9 Å². The quantitative estimate of drug-likeness (QED) is 0.133. The van der Waals surface area contributed by atoms with Crippen LogP contribution in [-0.2, 0) is 32.3 Å². The molecule has 0 aliphatic rings. The van der Waals surface area contributed by atoms with Crippen molar-refractivity contribution < 1.29 is 32.6 Å². The molecule has 13 heteroatoms. The number of para-hydroxylation sites is 1. The Morgan fingerprint density at radius 1 is 1.07 bits per heavy atom. The van der Waals surface area contributed by atoms with Crippen molar-refractivity contribution in [3.63, 3.8) is 0 Å². The van der Waals surface area contributed by atoms with Gasteiger partial charge in [-0.1, -0.05) is 18.2 Å². The highest BCUT2D eigenvalue weighted by Crippen LogP contribution is 2.27. The second-order valence-electron chi connectivity index (χ2n) is 9.54. The highest BCUT2D eigenvalue weighted by molar-refractivity contribution is 5.90. The molecule has 0 spiro atoms. The summed E-state index contributed by atoms with van der Waals surface area (Å²) in [6.07, 6.45) is 5.67. The molecule has 0 saturated carbocycles.